The molecule has 0 aliphatic carbocycles. The van der Waals surface area contributed by atoms with Crippen LogP contribution in [0.25, 0.3) is 10.8 Å². The SMILES string of the molecule is CCNC(=NCc1ccc2cc(OC)ccc2c1)NCCC(=O)N(CC)CC.I. The summed E-state index contributed by atoms with van der Waals surface area (Å²) in [7, 11) is 1.68. The van der Waals surface area contributed by atoms with Gasteiger partial charge in [0, 0.05) is 32.6 Å². The molecule has 0 aliphatic rings. The van der Waals surface area contributed by atoms with Crippen molar-refractivity contribution < 1.29 is 9.53 Å². The minimum absolute atomic E-state index is 0. The van der Waals surface area contributed by atoms with Crippen molar-refractivity contribution in [3.05, 3.63) is 42.0 Å². The first-order valence-corrected chi connectivity index (χ1v) is 9.97. The largest absolute Gasteiger partial charge is 0.497 e. The lowest BCUT2D eigenvalue weighted by atomic mass is 10.1. The van der Waals surface area contributed by atoms with E-state index >= 15 is 0 Å². The molecule has 2 rings (SSSR count). The van der Waals surface area contributed by atoms with Crippen molar-refractivity contribution in [3.8, 4) is 5.75 Å². The number of fused-ring (bicyclic) bond motifs is 1. The molecule has 7 heteroatoms. The van der Waals surface area contributed by atoms with Crippen molar-refractivity contribution in [2.45, 2.75) is 33.7 Å². The standard InChI is InChI=1S/C22H32N4O2.HI/c1-5-23-22(24-13-12-21(27)26(6-2)7-3)25-16-17-8-9-19-15-20(28-4)11-10-18(19)14-17;/h8-11,14-15H,5-7,12-13,16H2,1-4H3,(H2,23,24,25);1H. The highest BCUT2D eigenvalue weighted by atomic mass is 127. The molecule has 0 aliphatic heterocycles. The predicted octanol–water partition coefficient (Wildman–Crippen LogP) is 3.78. The fourth-order valence-corrected chi connectivity index (χ4v) is 3.03. The lowest BCUT2D eigenvalue weighted by Gasteiger charge is -2.19. The second kappa shape index (κ2) is 13.2. The Hall–Kier alpha value is -2.03. The first-order valence-electron chi connectivity index (χ1n) is 9.97. The molecule has 0 radical (unpaired) electrons. The maximum Gasteiger partial charge on any atom is 0.224 e. The maximum atomic E-state index is 12.1. The molecule has 2 aromatic carbocycles. The van der Waals surface area contributed by atoms with Gasteiger partial charge in [-0.3, -0.25) is 4.79 Å². The molecule has 0 bridgehead atoms. The molecule has 6 nitrogen and oxygen atoms in total. The molecule has 0 atom stereocenters. The summed E-state index contributed by atoms with van der Waals surface area (Å²) in [5, 5.41) is 8.79. The molecule has 2 aromatic rings. The lowest BCUT2D eigenvalue weighted by molar-refractivity contribution is -0.130. The average molecular weight is 512 g/mol. The van der Waals surface area contributed by atoms with Gasteiger partial charge in [0.25, 0.3) is 0 Å². The molecule has 0 unspecified atom stereocenters. The van der Waals surface area contributed by atoms with E-state index in [2.05, 4.69) is 39.9 Å². The van der Waals surface area contributed by atoms with Crippen molar-refractivity contribution in [2.75, 3.05) is 33.3 Å². The van der Waals surface area contributed by atoms with E-state index in [0.29, 0.717) is 19.5 Å². The Morgan fingerprint density at radius 2 is 1.72 bits per heavy atom. The van der Waals surface area contributed by atoms with Crippen molar-refractivity contribution in [3.63, 3.8) is 0 Å². The number of nitrogens with zero attached hydrogens (tertiary/aromatic N) is 2. The summed E-state index contributed by atoms with van der Waals surface area (Å²) in [4.78, 5) is 18.6. The smallest absolute Gasteiger partial charge is 0.224 e. The van der Waals surface area contributed by atoms with E-state index in [1.54, 1.807) is 7.11 Å². The van der Waals surface area contributed by atoms with Crippen molar-refractivity contribution in [1.29, 1.82) is 0 Å². The summed E-state index contributed by atoms with van der Waals surface area (Å²) in [6, 6.07) is 12.4. The summed E-state index contributed by atoms with van der Waals surface area (Å²) in [5.41, 5.74) is 1.13. The molecule has 29 heavy (non-hydrogen) atoms. The van der Waals surface area contributed by atoms with Crippen LogP contribution in [0.2, 0.25) is 0 Å². The van der Waals surface area contributed by atoms with E-state index in [0.717, 1.165) is 47.7 Å². The van der Waals surface area contributed by atoms with E-state index in [1.807, 2.05) is 37.8 Å². The number of carbonyl (C=O) groups is 1. The van der Waals surface area contributed by atoms with E-state index < -0.39 is 0 Å². The van der Waals surface area contributed by atoms with Gasteiger partial charge in [0.05, 0.1) is 13.7 Å². The van der Waals surface area contributed by atoms with E-state index in [-0.39, 0.29) is 29.9 Å². The summed E-state index contributed by atoms with van der Waals surface area (Å²) < 4.78 is 5.28. The number of nitrogens with one attached hydrogen (secondary N) is 2. The zero-order chi connectivity index (χ0) is 20.4. The summed E-state index contributed by atoms with van der Waals surface area (Å²) >= 11 is 0. The molecular formula is C22H33IN4O2. The Bertz CT molecular complexity index is 806. The van der Waals surface area contributed by atoms with Crippen LogP contribution < -0.4 is 15.4 Å². The van der Waals surface area contributed by atoms with Crippen LogP contribution in [0.1, 0.15) is 32.8 Å². The fraction of sp³-hybridized carbons (Fsp3) is 0.455. The maximum absolute atomic E-state index is 12.1. The van der Waals surface area contributed by atoms with Crippen LogP contribution in [0.5, 0.6) is 5.75 Å². The number of carbonyl (C=O) groups excluding carboxylic acids is 1. The number of halogens is 1. The molecule has 0 saturated carbocycles. The van der Waals surface area contributed by atoms with Crippen LogP contribution in [-0.4, -0.2) is 50.1 Å². The molecule has 2 N–H and O–H groups in total. The molecule has 160 valence electrons. The first kappa shape index (κ1) is 25.0. The topological polar surface area (TPSA) is 66.0 Å². The van der Waals surface area contributed by atoms with Crippen molar-refractivity contribution >= 4 is 46.6 Å². The van der Waals surface area contributed by atoms with Gasteiger partial charge in [-0.2, -0.15) is 0 Å². The van der Waals surface area contributed by atoms with Crippen LogP contribution in [0.3, 0.4) is 0 Å². The van der Waals surface area contributed by atoms with Gasteiger partial charge in [0.15, 0.2) is 5.96 Å². The number of benzene rings is 2. The second-order valence-electron chi connectivity index (χ2n) is 6.49. The highest BCUT2D eigenvalue weighted by molar-refractivity contribution is 14.0. The van der Waals surface area contributed by atoms with E-state index in [4.69, 9.17) is 4.74 Å². The Morgan fingerprint density at radius 3 is 2.38 bits per heavy atom. The molecule has 0 spiro atoms. The number of amides is 1. The zero-order valence-corrected chi connectivity index (χ0v) is 20.2. The van der Waals surface area contributed by atoms with Gasteiger partial charge in [-0.1, -0.05) is 18.2 Å². The van der Waals surface area contributed by atoms with Crippen LogP contribution in [0.15, 0.2) is 41.4 Å². The molecule has 0 saturated heterocycles. The van der Waals surface area contributed by atoms with Gasteiger partial charge < -0.3 is 20.3 Å². The third kappa shape index (κ3) is 7.72. The third-order valence-corrected chi connectivity index (χ3v) is 4.62. The molecule has 0 aromatic heterocycles. The summed E-state index contributed by atoms with van der Waals surface area (Å²) in [6.07, 6.45) is 0.462. The van der Waals surface area contributed by atoms with Gasteiger partial charge in [0.2, 0.25) is 5.91 Å². The quantitative estimate of drug-likeness (QED) is 0.305. The van der Waals surface area contributed by atoms with Crippen LogP contribution in [0.4, 0.5) is 0 Å². The summed E-state index contributed by atoms with van der Waals surface area (Å²) in [5.74, 6) is 1.75. The highest BCUT2D eigenvalue weighted by Crippen LogP contribution is 2.22. The fourth-order valence-electron chi connectivity index (χ4n) is 3.03. The monoisotopic (exact) mass is 512 g/mol. The molecular weight excluding hydrogens is 479 g/mol. The van der Waals surface area contributed by atoms with Crippen molar-refractivity contribution in [2.24, 2.45) is 4.99 Å². The Morgan fingerprint density at radius 1 is 1.03 bits per heavy atom. The molecule has 1 amide bonds. The number of methoxy groups -OCH3 is 1. The second-order valence-corrected chi connectivity index (χ2v) is 6.49. The number of hydrogen-bond acceptors (Lipinski definition) is 3. The van der Waals surface area contributed by atoms with E-state index in [1.165, 1.54) is 0 Å². The van der Waals surface area contributed by atoms with Crippen LogP contribution in [0, 0.1) is 0 Å². The predicted molar refractivity (Wildman–Crippen MR) is 131 cm³/mol. The lowest BCUT2D eigenvalue weighted by Crippen LogP contribution is -2.40. The third-order valence-electron chi connectivity index (χ3n) is 4.62. The summed E-state index contributed by atoms with van der Waals surface area (Å²) in [6.45, 7) is 9.43. The van der Waals surface area contributed by atoms with E-state index in [9.17, 15) is 4.79 Å². The van der Waals surface area contributed by atoms with Gasteiger partial charge in [-0.25, -0.2) is 4.99 Å². The minimum Gasteiger partial charge on any atom is -0.497 e. The minimum atomic E-state index is 0. The molecule has 0 fully saturated rings. The normalized spacial score (nSPS) is 11.0. The highest BCUT2D eigenvalue weighted by Gasteiger charge is 2.09. The van der Waals surface area contributed by atoms with Gasteiger partial charge in [0.1, 0.15) is 5.75 Å². The number of hydrogen-bond donors (Lipinski definition) is 2. The number of guanidine groups is 1. The van der Waals surface area contributed by atoms with Crippen LogP contribution in [-0.2, 0) is 11.3 Å². The van der Waals surface area contributed by atoms with Gasteiger partial charge in [-0.15, -0.1) is 24.0 Å². The Labute approximate surface area is 191 Å². The van der Waals surface area contributed by atoms with Crippen LogP contribution >= 0.6 is 24.0 Å². The molecule has 0 heterocycles. The van der Waals surface area contributed by atoms with Crippen molar-refractivity contribution in [1.82, 2.24) is 15.5 Å². The first-order chi connectivity index (χ1) is 13.6. The Balaban J connectivity index is 0.00000420. The number of aliphatic imine (C=N–C) groups is 1. The average Bonchev–Trinajstić information content (AvgIpc) is 2.72. The zero-order valence-electron chi connectivity index (χ0n) is 17.8. The number of rotatable bonds is 9. The Kier molecular flexibility index (Phi) is 11.4. The van der Waals surface area contributed by atoms with Gasteiger partial charge >= 0.3 is 0 Å². The van der Waals surface area contributed by atoms with Gasteiger partial charge in [-0.05, 0) is 55.3 Å². The number of ether oxygens (including phenoxy) is 1.